The molecule has 2 heterocycles. The highest BCUT2D eigenvalue weighted by Crippen LogP contribution is 2.49. The van der Waals surface area contributed by atoms with Gasteiger partial charge in [0.15, 0.2) is 0 Å². The second-order valence-electron chi connectivity index (χ2n) is 8.59. The number of aliphatic carboxylic acids is 1. The number of aryl methyl sites for hydroxylation is 2. The van der Waals surface area contributed by atoms with Crippen LogP contribution in [0.15, 0.2) is 35.2 Å². The molecule has 0 spiro atoms. The first-order chi connectivity index (χ1) is 15.2. The molecule has 0 saturated carbocycles. The van der Waals surface area contributed by atoms with E-state index in [0.717, 1.165) is 17.7 Å². The number of likely N-dealkylation sites (N-methyl/N-ethyl adjacent to an activating group) is 1. The van der Waals surface area contributed by atoms with Crippen molar-refractivity contribution in [3.63, 3.8) is 0 Å². The van der Waals surface area contributed by atoms with Crippen molar-refractivity contribution in [3.8, 4) is 0 Å². The van der Waals surface area contributed by atoms with E-state index in [0.29, 0.717) is 18.2 Å². The van der Waals surface area contributed by atoms with Crippen LogP contribution in [-0.2, 0) is 11.8 Å². The van der Waals surface area contributed by atoms with Crippen molar-refractivity contribution in [3.05, 3.63) is 46.7 Å². The molecule has 1 aromatic heterocycles. The minimum atomic E-state index is -4.69. The van der Waals surface area contributed by atoms with Crippen LogP contribution in [0.1, 0.15) is 26.6 Å². The van der Waals surface area contributed by atoms with E-state index in [-0.39, 0.29) is 18.7 Å². The summed E-state index contributed by atoms with van der Waals surface area (Å²) in [6, 6.07) is -0.743. The fourth-order valence-electron chi connectivity index (χ4n) is 4.39. The van der Waals surface area contributed by atoms with Gasteiger partial charge in [0.1, 0.15) is 11.6 Å². The van der Waals surface area contributed by atoms with Crippen LogP contribution in [0.3, 0.4) is 0 Å². The second kappa shape index (κ2) is 9.58. The molecular formula is C22H32F3N5O3. The van der Waals surface area contributed by atoms with E-state index in [2.05, 4.69) is 11.7 Å². The molecule has 0 saturated heterocycles. The number of carboxylic acids is 1. The first kappa shape index (κ1) is 26.4. The van der Waals surface area contributed by atoms with Crippen molar-refractivity contribution in [2.45, 2.75) is 39.9 Å². The molecule has 1 aromatic rings. The fraction of sp³-hybridized carbons (Fsp3) is 0.591. The number of carbonyl (C=O) groups is 1. The number of halogens is 3. The van der Waals surface area contributed by atoms with Crippen LogP contribution in [0.2, 0.25) is 0 Å². The van der Waals surface area contributed by atoms with Crippen LogP contribution in [-0.4, -0.2) is 74.1 Å². The molecule has 2 rings (SSSR count). The first-order valence-corrected chi connectivity index (χ1v) is 10.6. The maximum absolute atomic E-state index is 14.5. The first-order valence-electron chi connectivity index (χ1n) is 10.6. The van der Waals surface area contributed by atoms with E-state index in [1.54, 1.807) is 43.7 Å². The molecule has 2 unspecified atom stereocenters. The number of carboxylic acid groups (broad SMARTS) is 1. The van der Waals surface area contributed by atoms with Gasteiger partial charge in [-0.25, -0.2) is 18.8 Å². The molecule has 184 valence electrons. The maximum Gasteiger partial charge on any atom is 0.397 e. The number of allylic oxidation sites excluding steroid dienone is 3. The Morgan fingerprint density at radius 2 is 2.09 bits per heavy atom. The predicted molar refractivity (Wildman–Crippen MR) is 119 cm³/mol. The number of hydrogen-bond donors (Lipinski definition) is 1. The lowest BCUT2D eigenvalue weighted by molar-refractivity contribution is -0.222. The van der Waals surface area contributed by atoms with Gasteiger partial charge in [0.2, 0.25) is 0 Å². The van der Waals surface area contributed by atoms with Gasteiger partial charge >= 0.3 is 17.8 Å². The predicted octanol–water partition coefficient (Wildman–Crippen LogP) is 2.73. The molecule has 1 N–H and O–H groups in total. The Kier molecular flexibility index (Phi) is 7.67. The van der Waals surface area contributed by atoms with Gasteiger partial charge in [0.05, 0.1) is 5.41 Å². The SMILES string of the molecule is C=C/C=C(\N(C)[C@H](C)C1CN(CC)CC(C(=O)O)=CC1(C)C(F)(F)F)n1c(C)nn(C)c1=O. The van der Waals surface area contributed by atoms with Crippen LogP contribution < -0.4 is 5.69 Å². The monoisotopic (exact) mass is 471 g/mol. The molecule has 0 fully saturated rings. The lowest BCUT2D eigenvalue weighted by Gasteiger charge is -2.44. The van der Waals surface area contributed by atoms with E-state index in [1.165, 1.54) is 17.7 Å². The summed E-state index contributed by atoms with van der Waals surface area (Å²) in [7, 11) is 3.10. The van der Waals surface area contributed by atoms with Gasteiger partial charge < -0.3 is 10.0 Å². The minimum absolute atomic E-state index is 0.0214. The summed E-state index contributed by atoms with van der Waals surface area (Å²) >= 11 is 0. The van der Waals surface area contributed by atoms with Gasteiger partial charge in [0.25, 0.3) is 0 Å². The Hall–Kier alpha value is -2.82. The van der Waals surface area contributed by atoms with Gasteiger partial charge in [-0.2, -0.15) is 18.3 Å². The summed E-state index contributed by atoms with van der Waals surface area (Å²) in [6.45, 7) is 10.1. The average Bonchev–Trinajstić information content (AvgIpc) is 2.88. The van der Waals surface area contributed by atoms with Gasteiger partial charge in [-0.1, -0.05) is 25.7 Å². The second-order valence-corrected chi connectivity index (χ2v) is 8.59. The lowest BCUT2D eigenvalue weighted by Crippen LogP contribution is -2.52. The topological polar surface area (TPSA) is 83.6 Å². The third-order valence-corrected chi connectivity index (χ3v) is 6.56. The number of hydrogen-bond acceptors (Lipinski definition) is 5. The van der Waals surface area contributed by atoms with Crippen molar-refractivity contribution in [2.75, 3.05) is 26.7 Å². The molecule has 3 atom stereocenters. The zero-order valence-corrected chi connectivity index (χ0v) is 19.8. The molecular weight excluding hydrogens is 439 g/mol. The fourth-order valence-corrected chi connectivity index (χ4v) is 4.39. The highest BCUT2D eigenvalue weighted by atomic mass is 19.4. The molecule has 1 aliphatic heterocycles. The van der Waals surface area contributed by atoms with Gasteiger partial charge in [-0.05, 0) is 33.4 Å². The van der Waals surface area contributed by atoms with Crippen molar-refractivity contribution in [1.29, 1.82) is 0 Å². The van der Waals surface area contributed by atoms with E-state index in [1.807, 2.05) is 0 Å². The average molecular weight is 472 g/mol. The molecule has 33 heavy (non-hydrogen) atoms. The summed E-state index contributed by atoms with van der Waals surface area (Å²) < 4.78 is 45.9. The third kappa shape index (κ3) is 4.92. The number of nitrogens with zero attached hydrogens (tertiary/aromatic N) is 5. The zero-order valence-electron chi connectivity index (χ0n) is 19.8. The van der Waals surface area contributed by atoms with E-state index in [9.17, 15) is 27.9 Å². The highest BCUT2D eigenvalue weighted by molar-refractivity contribution is 5.87. The standard InChI is InChI=1S/C22H32F3N5O3/c1-8-10-18(30-15(4)26-28(7)20(30)33)27(6)14(3)17-13-29(9-2)12-16(19(31)32)11-21(17,5)22(23,24)25/h8,10-11,14,17H,1,9,12-13H2,2-7H3,(H,31,32)/b18-10+/t14-,17?,21?/m1/s1. The van der Waals surface area contributed by atoms with Crippen molar-refractivity contribution in [1.82, 2.24) is 24.1 Å². The van der Waals surface area contributed by atoms with Crippen LogP contribution in [0, 0.1) is 18.3 Å². The third-order valence-electron chi connectivity index (χ3n) is 6.56. The number of rotatable bonds is 7. The Labute approximate surface area is 191 Å². The van der Waals surface area contributed by atoms with Crippen molar-refractivity contribution >= 4 is 11.8 Å². The number of aromatic nitrogens is 3. The Morgan fingerprint density at radius 3 is 2.52 bits per heavy atom. The van der Waals surface area contributed by atoms with Gasteiger partial charge in [0, 0.05) is 44.7 Å². The summed E-state index contributed by atoms with van der Waals surface area (Å²) in [6.07, 6.45) is -0.836. The smallest absolute Gasteiger partial charge is 0.397 e. The summed E-state index contributed by atoms with van der Waals surface area (Å²) in [5.41, 5.74) is -3.13. The van der Waals surface area contributed by atoms with Gasteiger partial charge in [-0.3, -0.25) is 4.90 Å². The van der Waals surface area contributed by atoms with Crippen LogP contribution in [0.4, 0.5) is 13.2 Å². The lowest BCUT2D eigenvalue weighted by atomic mass is 9.71. The number of alkyl halides is 3. The molecule has 1 aliphatic rings. The molecule has 0 aliphatic carbocycles. The quantitative estimate of drug-likeness (QED) is 0.616. The van der Waals surface area contributed by atoms with Crippen LogP contribution >= 0.6 is 0 Å². The van der Waals surface area contributed by atoms with E-state index >= 15 is 0 Å². The van der Waals surface area contributed by atoms with Crippen LogP contribution in [0.25, 0.3) is 5.82 Å². The van der Waals surface area contributed by atoms with Crippen LogP contribution in [0.5, 0.6) is 0 Å². The molecule has 0 aromatic carbocycles. The zero-order chi connectivity index (χ0) is 25.3. The van der Waals surface area contributed by atoms with Crippen molar-refractivity contribution in [2.24, 2.45) is 18.4 Å². The van der Waals surface area contributed by atoms with E-state index in [4.69, 9.17) is 0 Å². The highest BCUT2D eigenvalue weighted by Gasteiger charge is 2.57. The van der Waals surface area contributed by atoms with Crippen molar-refractivity contribution < 1.29 is 23.1 Å². The summed E-state index contributed by atoms with van der Waals surface area (Å²) in [5, 5.41) is 13.6. The molecule has 11 heteroatoms. The summed E-state index contributed by atoms with van der Waals surface area (Å²) in [4.78, 5) is 27.7. The molecule has 0 radical (unpaired) electrons. The summed E-state index contributed by atoms with van der Waals surface area (Å²) in [5.74, 6) is -1.71. The molecule has 0 bridgehead atoms. The molecule has 0 amide bonds. The minimum Gasteiger partial charge on any atom is -0.478 e. The largest absolute Gasteiger partial charge is 0.478 e. The van der Waals surface area contributed by atoms with E-state index < -0.39 is 35.2 Å². The molecule has 8 nitrogen and oxygen atoms in total. The Morgan fingerprint density at radius 1 is 1.48 bits per heavy atom. The van der Waals surface area contributed by atoms with Gasteiger partial charge in [-0.15, -0.1) is 0 Å². The Balaban J connectivity index is 2.66. The Bertz CT molecular complexity index is 1020. The maximum atomic E-state index is 14.5. The normalized spacial score (nSPS) is 23.6.